The van der Waals surface area contributed by atoms with Gasteiger partial charge in [0.05, 0.1) is 16.2 Å². The average molecular weight is 462 g/mol. The Balaban J connectivity index is 1.61. The molecule has 0 bridgehead atoms. The number of nitrogens with two attached hydrogens (primary N) is 1. The van der Waals surface area contributed by atoms with Crippen LogP contribution in [0.15, 0.2) is 23.1 Å². The van der Waals surface area contributed by atoms with Gasteiger partial charge in [-0.15, -0.1) is 5.10 Å². The molecule has 13 nitrogen and oxygen atoms in total. The van der Waals surface area contributed by atoms with E-state index in [1.54, 1.807) is 13.8 Å². The molecule has 0 aliphatic heterocycles. The number of nitrogen functional groups attached to an aromatic ring is 1. The van der Waals surface area contributed by atoms with Gasteiger partial charge in [-0.1, -0.05) is 0 Å². The molecule has 2 heterocycles. The molecule has 2 aromatic heterocycles. The number of aromatic nitrogens is 4. The maximum absolute atomic E-state index is 12.4. The molecule has 32 heavy (non-hydrogen) atoms. The lowest BCUT2D eigenvalue weighted by Gasteiger charge is -2.12. The normalized spacial score (nSPS) is 11.5. The number of hydrogen-bond donors (Lipinski definition) is 3. The standard InChI is InChI=1S/C18H22N8O5S/c1-10-13(11(2)25-18(22-10)23-17(19)24-25)9-16(27)21-7-6-20-14-5-4-12(32(3,30)31)8-15(14)26(28)29/h4-5,8,20H,6-7,9H2,1-3H3,(H2,19,24)(H,21,27). The number of aryl methyl sites for hydroxylation is 2. The van der Waals surface area contributed by atoms with E-state index < -0.39 is 14.8 Å². The van der Waals surface area contributed by atoms with Crippen molar-refractivity contribution in [2.75, 3.05) is 30.4 Å². The monoisotopic (exact) mass is 462 g/mol. The summed E-state index contributed by atoms with van der Waals surface area (Å²) in [6.45, 7) is 3.94. The van der Waals surface area contributed by atoms with E-state index in [0.717, 1.165) is 12.3 Å². The number of nitrogens with zero attached hydrogens (tertiary/aromatic N) is 5. The zero-order chi connectivity index (χ0) is 23.6. The molecular weight excluding hydrogens is 440 g/mol. The van der Waals surface area contributed by atoms with Gasteiger partial charge in [-0.25, -0.2) is 13.4 Å². The van der Waals surface area contributed by atoms with Gasteiger partial charge in [0, 0.05) is 42.4 Å². The molecule has 0 spiro atoms. The fourth-order valence-corrected chi connectivity index (χ4v) is 3.79. The summed E-state index contributed by atoms with van der Waals surface area (Å²) >= 11 is 0. The largest absolute Gasteiger partial charge is 0.378 e. The Morgan fingerprint density at radius 1 is 1.25 bits per heavy atom. The van der Waals surface area contributed by atoms with Crippen molar-refractivity contribution < 1.29 is 18.1 Å². The van der Waals surface area contributed by atoms with E-state index in [-0.39, 0.29) is 47.6 Å². The Hall–Kier alpha value is -3.81. The lowest BCUT2D eigenvalue weighted by molar-refractivity contribution is -0.384. The molecule has 0 aliphatic rings. The first kappa shape index (κ1) is 22.9. The average Bonchev–Trinajstić information content (AvgIpc) is 3.08. The number of hydrogen-bond acceptors (Lipinski definition) is 10. The predicted molar refractivity (Wildman–Crippen MR) is 116 cm³/mol. The number of nitrogens with one attached hydrogen (secondary N) is 2. The number of carbonyl (C=O) groups excluding carboxylic acids is 1. The number of nitro groups is 1. The van der Waals surface area contributed by atoms with Crippen LogP contribution in [0.3, 0.4) is 0 Å². The van der Waals surface area contributed by atoms with Crippen LogP contribution in [-0.4, -0.2) is 58.2 Å². The molecule has 14 heteroatoms. The predicted octanol–water partition coefficient (Wildman–Crippen LogP) is 0.406. The Labute approximate surface area is 183 Å². The van der Waals surface area contributed by atoms with Crippen molar-refractivity contribution in [2.45, 2.75) is 25.2 Å². The lowest BCUT2D eigenvalue weighted by atomic mass is 10.1. The number of carbonyl (C=O) groups is 1. The van der Waals surface area contributed by atoms with Crippen LogP contribution >= 0.6 is 0 Å². The third-order valence-corrected chi connectivity index (χ3v) is 5.87. The highest BCUT2D eigenvalue weighted by molar-refractivity contribution is 7.90. The molecule has 1 aromatic carbocycles. The van der Waals surface area contributed by atoms with Gasteiger partial charge >= 0.3 is 0 Å². The van der Waals surface area contributed by atoms with Gasteiger partial charge in [-0.2, -0.15) is 9.50 Å². The molecule has 0 aliphatic carbocycles. The summed E-state index contributed by atoms with van der Waals surface area (Å²) in [5.74, 6) is 0.176. The van der Waals surface area contributed by atoms with E-state index in [1.807, 2.05) is 0 Å². The van der Waals surface area contributed by atoms with Crippen LogP contribution in [0, 0.1) is 24.0 Å². The van der Waals surface area contributed by atoms with E-state index in [0.29, 0.717) is 22.7 Å². The van der Waals surface area contributed by atoms with Gasteiger partial charge in [0.15, 0.2) is 9.84 Å². The van der Waals surface area contributed by atoms with Crippen molar-refractivity contribution >= 4 is 38.8 Å². The zero-order valence-corrected chi connectivity index (χ0v) is 18.4. The maximum Gasteiger partial charge on any atom is 0.293 e. The first-order valence-electron chi connectivity index (χ1n) is 9.44. The number of nitro benzene ring substituents is 1. The van der Waals surface area contributed by atoms with Gasteiger partial charge in [-0.05, 0) is 26.0 Å². The summed E-state index contributed by atoms with van der Waals surface area (Å²) in [7, 11) is -3.57. The second kappa shape index (κ2) is 8.74. The fraction of sp³-hybridized carbons (Fsp3) is 0.333. The van der Waals surface area contributed by atoms with Crippen LogP contribution in [-0.2, 0) is 21.1 Å². The van der Waals surface area contributed by atoms with E-state index in [1.165, 1.54) is 16.6 Å². The fourth-order valence-electron chi connectivity index (χ4n) is 3.14. The Morgan fingerprint density at radius 3 is 2.62 bits per heavy atom. The molecule has 0 fully saturated rings. The highest BCUT2D eigenvalue weighted by atomic mass is 32.2. The minimum atomic E-state index is -3.57. The second-order valence-electron chi connectivity index (χ2n) is 7.10. The molecule has 0 atom stereocenters. The first-order chi connectivity index (χ1) is 15.0. The zero-order valence-electron chi connectivity index (χ0n) is 17.6. The summed E-state index contributed by atoms with van der Waals surface area (Å²) in [5, 5.41) is 20.9. The van der Waals surface area contributed by atoms with Crippen molar-refractivity contribution in [1.29, 1.82) is 0 Å². The van der Waals surface area contributed by atoms with E-state index in [9.17, 15) is 23.3 Å². The molecule has 0 radical (unpaired) electrons. The van der Waals surface area contributed by atoms with Gasteiger partial charge in [-0.3, -0.25) is 14.9 Å². The molecule has 170 valence electrons. The van der Waals surface area contributed by atoms with Gasteiger partial charge in [0.1, 0.15) is 5.69 Å². The molecule has 1 amide bonds. The summed E-state index contributed by atoms with van der Waals surface area (Å²) in [4.78, 5) is 31.2. The SMILES string of the molecule is Cc1nc2nc(N)nn2c(C)c1CC(=O)NCCNc1ccc(S(C)(=O)=O)cc1[N+](=O)[O-]. The number of fused-ring (bicyclic) bond motifs is 1. The first-order valence-corrected chi connectivity index (χ1v) is 11.3. The van der Waals surface area contributed by atoms with Crippen LogP contribution in [0.1, 0.15) is 17.0 Å². The van der Waals surface area contributed by atoms with Gasteiger partial charge in [0.25, 0.3) is 11.5 Å². The summed E-state index contributed by atoms with van der Waals surface area (Å²) in [6.07, 6.45) is 1.03. The Morgan fingerprint density at radius 2 is 1.97 bits per heavy atom. The van der Waals surface area contributed by atoms with Gasteiger partial charge in [0.2, 0.25) is 11.9 Å². The van der Waals surface area contributed by atoms with Crippen molar-refractivity contribution in [3.05, 3.63) is 45.3 Å². The highest BCUT2D eigenvalue weighted by Gasteiger charge is 2.19. The summed E-state index contributed by atoms with van der Waals surface area (Å²) < 4.78 is 24.7. The maximum atomic E-state index is 12.4. The van der Waals surface area contributed by atoms with Crippen LogP contribution < -0.4 is 16.4 Å². The third kappa shape index (κ3) is 4.91. The van der Waals surface area contributed by atoms with Crippen LogP contribution in [0.5, 0.6) is 0 Å². The van der Waals surface area contributed by atoms with E-state index in [2.05, 4.69) is 25.7 Å². The van der Waals surface area contributed by atoms with Crippen LogP contribution in [0.4, 0.5) is 17.3 Å². The molecule has 0 unspecified atom stereocenters. The molecule has 0 saturated heterocycles. The summed E-state index contributed by atoms with van der Waals surface area (Å²) in [5.41, 5.74) is 7.43. The molecular formula is C18H22N8O5S. The van der Waals surface area contributed by atoms with E-state index in [4.69, 9.17) is 5.73 Å². The quantitative estimate of drug-likeness (QED) is 0.240. The van der Waals surface area contributed by atoms with Crippen molar-refractivity contribution in [1.82, 2.24) is 24.9 Å². The minimum absolute atomic E-state index is 0.0591. The number of benzene rings is 1. The molecule has 3 rings (SSSR count). The number of amides is 1. The van der Waals surface area contributed by atoms with Crippen molar-refractivity contribution in [3.63, 3.8) is 0 Å². The third-order valence-electron chi connectivity index (χ3n) is 4.76. The molecule has 4 N–H and O–H groups in total. The molecule has 0 saturated carbocycles. The second-order valence-corrected chi connectivity index (χ2v) is 9.12. The summed E-state index contributed by atoms with van der Waals surface area (Å²) in [6, 6.07) is 3.62. The highest BCUT2D eigenvalue weighted by Crippen LogP contribution is 2.27. The lowest BCUT2D eigenvalue weighted by Crippen LogP contribution is -2.30. The van der Waals surface area contributed by atoms with Crippen LogP contribution in [0.2, 0.25) is 0 Å². The van der Waals surface area contributed by atoms with Crippen LogP contribution in [0.25, 0.3) is 5.78 Å². The van der Waals surface area contributed by atoms with Crippen molar-refractivity contribution in [2.24, 2.45) is 0 Å². The Bertz CT molecular complexity index is 1320. The number of rotatable bonds is 8. The molecule has 3 aromatic rings. The smallest absolute Gasteiger partial charge is 0.293 e. The van der Waals surface area contributed by atoms with E-state index >= 15 is 0 Å². The topological polar surface area (TPSA) is 188 Å². The number of anilines is 2. The minimum Gasteiger partial charge on any atom is -0.378 e. The Kier molecular flexibility index (Phi) is 6.25. The van der Waals surface area contributed by atoms with Crippen molar-refractivity contribution in [3.8, 4) is 0 Å². The van der Waals surface area contributed by atoms with Gasteiger partial charge < -0.3 is 16.4 Å². The number of sulfone groups is 1.